The fraction of sp³-hybridized carbons (Fsp3) is 0.0385. The van der Waals surface area contributed by atoms with Crippen LogP contribution in [0.3, 0.4) is 0 Å². The highest BCUT2D eigenvalue weighted by Gasteiger charge is 2.17. The van der Waals surface area contributed by atoms with Gasteiger partial charge in [-0.05, 0) is 67.2 Å². The lowest BCUT2D eigenvalue weighted by Gasteiger charge is -2.12. The number of carbonyl (C=O) groups is 1. The zero-order valence-corrected chi connectivity index (χ0v) is 21.4. The van der Waals surface area contributed by atoms with Gasteiger partial charge in [0.25, 0.3) is 5.91 Å². The van der Waals surface area contributed by atoms with Crippen LogP contribution in [0.25, 0.3) is 32.1 Å². The number of rotatable bonds is 4. The highest BCUT2D eigenvalue weighted by Crippen LogP contribution is 2.35. The number of hydrogen-bond donors (Lipinski definition) is 2. The topological polar surface area (TPSA) is 67.2 Å². The number of nitrogens with one attached hydrogen (secondary N) is 2. The number of furan rings is 1. The monoisotopic (exact) mass is 537 g/mol. The molecular weight excluding hydrogens is 521 g/mol. The molecule has 0 fully saturated rings. The Morgan fingerprint density at radius 3 is 2.69 bits per heavy atom. The van der Waals surface area contributed by atoms with E-state index in [0.29, 0.717) is 21.4 Å². The predicted molar refractivity (Wildman–Crippen MR) is 148 cm³/mol. The van der Waals surface area contributed by atoms with Crippen LogP contribution < -0.4 is 10.6 Å². The Kier molecular flexibility index (Phi) is 6.58. The van der Waals surface area contributed by atoms with Gasteiger partial charge in [0.15, 0.2) is 10.9 Å². The second kappa shape index (κ2) is 9.79. The zero-order chi connectivity index (χ0) is 24.5. The second-order valence-electron chi connectivity index (χ2n) is 7.69. The van der Waals surface area contributed by atoms with E-state index in [2.05, 4.69) is 16.7 Å². The number of anilines is 1. The lowest BCUT2D eigenvalue weighted by molar-refractivity contribution is 0.0951. The molecule has 0 aliphatic rings. The van der Waals surface area contributed by atoms with Crippen molar-refractivity contribution in [2.24, 2.45) is 0 Å². The third-order valence-corrected chi connectivity index (χ3v) is 7.41. The van der Waals surface area contributed by atoms with Crippen molar-refractivity contribution in [3.05, 3.63) is 94.2 Å². The Morgan fingerprint density at radius 1 is 1.03 bits per heavy atom. The number of fused-ring (bicyclic) bond motifs is 1. The number of thiocarbonyl (C=S) groups is 1. The van der Waals surface area contributed by atoms with E-state index in [1.807, 2.05) is 43.3 Å². The summed E-state index contributed by atoms with van der Waals surface area (Å²) in [7, 11) is 0. The van der Waals surface area contributed by atoms with Gasteiger partial charge in [-0.25, -0.2) is 4.98 Å². The molecule has 2 N–H and O–H groups in total. The molecule has 2 aromatic heterocycles. The van der Waals surface area contributed by atoms with Crippen LogP contribution in [0.1, 0.15) is 16.1 Å². The van der Waals surface area contributed by atoms with E-state index < -0.39 is 5.91 Å². The maximum atomic E-state index is 12.7. The van der Waals surface area contributed by atoms with E-state index in [-0.39, 0.29) is 10.9 Å². The van der Waals surface area contributed by atoms with Gasteiger partial charge in [0.2, 0.25) is 0 Å². The molecule has 1 amide bonds. The van der Waals surface area contributed by atoms with Gasteiger partial charge < -0.3 is 9.73 Å². The number of aryl methyl sites for hydroxylation is 1. The first-order chi connectivity index (χ1) is 16.9. The minimum atomic E-state index is -0.480. The summed E-state index contributed by atoms with van der Waals surface area (Å²) in [5.41, 5.74) is 4.27. The molecule has 0 radical (unpaired) electrons. The molecule has 0 atom stereocenters. The summed E-state index contributed by atoms with van der Waals surface area (Å²) in [6, 6.07) is 22.4. The minimum Gasteiger partial charge on any atom is -0.451 e. The van der Waals surface area contributed by atoms with Crippen LogP contribution in [-0.2, 0) is 0 Å². The van der Waals surface area contributed by atoms with E-state index in [9.17, 15) is 4.79 Å². The van der Waals surface area contributed by atoms with E-state index in [1.165, 1.54) is 0 Å². The summed E-state index contributed by atoms with van der Waals surface area (Å²) < 4.78 is 6.82. The van der Waals surface area contributed by atoms with Gasteiger partial charge in [-0.2, -0.15) is 0 Å². The molecular formula is C26H17Cl2N3O2S2. The molecule has 5 rings (SSSR count). The fourth-order valence-electron chi connectivity index (χ4n) is 3.50. The zero-order valence-electron chi connectivity index (χ0n) is 18.3. The van der Waals surface area contributed by atoms with Crippen LogP contribution in [0.2, 0.25) is 10.0 Å². The number of benzene rings is 3. The maximum Gasteiger partial charge on any atom is 0.293 e. The Morgan fingerprint density at radius 2 is 1.86 bits per heavy atom. The predicted octanol–water partition coefficient (Wildman–Crippen LogP) is 7.97. The average molecular weight is 538 g/mol. The summed E-state index contributed by atoms with van der Waals surface area (Å²) in [6.45, 7) is 1.96. The summed E-state index contributed by atoms with van der Waals surface area (Å²) in [5.74, 6) is 0.0490. The van der Waals surface area contributed by atoms with Crippen LogP contribution in [0, 0.1) is 6.92 Å². The molecule has 0 saturated heterocycles. The quantitative estimate of drug-likeness (QED) is 0.227. The van der Waals surface area contributed by atoms with Crippen molar-refractivity contribution in [2.75, 3.05) is 5.32 Å². The molecule has 0 saturated carbocycles. The number of carbonyl (C=O) groups excluding carboxylic acids is 1. The molecule has 0 unspecified atom stereocenters. The third kappa shape index (κ3) is 4.94. The van der Waals surface area contributed by atoms with Gasteiger partial charge in [0, 0.05) is 16.8 Å². The molecule has 174 valence electrons. The Labute approximate surface area is 220 Å². The first kappa shape index (κ1) is 23.5. The molecule has 3 aromatic carbocycles. The van der Waals surface area contributed by atoms with Gasteiger partial charge in [-0.1, -0.05) is 53.5 Å². The SMILES string of the molecule is Cc1ccc(-c2nc3ccccc3s2)cc1NC(=S)NC(=O)c1ccc(-c2cccc(Cl)c2Cl)o1. The summed E-state index contributed by atoms with van der Waals surface area (Å²) in [6.07, 6.45) is 0. The van der Waals surface area contributed by atoms with E-state index in [4.69, 9.17) is 44.8 Å². The standard InChI is InChI=1S/C26H17Cl2N3O2S2/c1-14-9-10-15(25-29-18-7-2-3-8-22(18)35-25)13-19(14)30-26(34)31-24(32)21-12-11-20(33-21)16-5-4-6-17(27)23(16)28/h2-13H,1H3,(H2,30,31,32,34). The maximum absolute atomic E-state index is 12.7. The smallest absolute Gasteiger partial charge is 0.293 e. The normalized spacial score (nSPS) is 10.9. The Bertz CT molecular complexity index is 1560. The second-order valence-corrected chi connectivity index (χ2v) is 9.91. The Hall–Kier alpha value is -3.23. The third-order valence-electron chi connectivity index (χ3n) is 5.30. The number of thiazole rings is 1. The van der Waals surface area contributed by atoms with Crippen molar-refractivity contribution in [1.29, 1.82) is 0 Å². The lowest BCUT2D eigenvalue weighted by Crippen LogP contribution is -2.34. The first-order valence-corrected chi connectivity index (χ1v) is 12.5. The molecule has 5 nitrogen and oxygen atoms in total. The van der Waals surface area contributed by atoms with Gasteiger partial charge in [-0.3, -0.25) is 10.1 Å². The van der Waals surface area contributed by atoms with Crippen LogP contribution in [-0.4, -0.2) is 16.0 Å². The average Bonchev–Trinajstić information content (AvgIpc) is 3.50. The first-order valence-electron chi connectivity index (χ1n) is 10.5. The van der Waals surface area contributed by atoms with Gasteiger partial charge in [-0.15, -0.1) is 11.3 Å². The van der Waals surface area contributed by atoms with Crippen LogP contribution in [0.5, 0.6) is 0 Å². The van der Waals surface area contributed by atoms with Crippen LogP contribution in [0.15, 0.2) is 77.2 Å². The Balaban J connectivity index is 1.30. The number of aromatic nitrogens is 1. The number of amides is 1. The van der Waals surface area contributed by atoms with Gasteiger partial charge in [0.1, 0.15) is 10.8 Å². The van der Waals surface area contributed by atoms with Crippen molar-refractivity contribution < 1.29 is 9.21 Å². The number of halogens is 2. The summed E-state index contributed by atoms with van der Waals surface area (Å²) in [5, 5.41) is 7.59. The fourth-order valence-corrected chi connectivity index (χ4v) is 5.06. The van der Waals surface area contributed by atoms with Crippen molar-refractivity contribution in [2.45, 2.75) is 6.92 Å². The van der Waals surface area contributed by atoms with Gasteiger partial charge >= 0.3 is 0 Å². The largest absolute Gasteiger partial charge is 0.451 e. The number of hydrogen-bond acceptors (Lipinski definition) is 5. The molecule has 0 bridgehead atoms. The van der Waals surface area contributed by atoms with Crippen LogP contribution >= 0.6 is 46.8 Å². The molecule has 9 heteroatoms. The van der Waals surface area contributed by atoms with E-state index in [1.54, 1.807) is 41.7 Å². The number of para-hydroxylation sites is 1. The van der Waals surface area contributed by atoms with Crippen molar-refractivity contribution in [3.8, 4) is 21.9 Å². The number of nitrogens with zero attached hydrogens (tertiary/aromatic N) is 1. The van der Waals surface area contributed by atoms with Crippen molar-refractivity contribution in [1.82, 2.24) is 10.3 Å². The highest BCUT2D eigenvalue weighted by atomic mass is 35.5. The molecule has 5 aromatic rings. The van der Waals surface area contributed by atoms with Crippen molar-refractivity contribution in [3.63, 3.8) is 0 Å². The van der Waals surface area contributed by atoms with E-state index in [0.717, 1.165) is 32.0 Å². The molecule has 0 spiro atoms. The molecule has 0 aliphatic carbocycles. The highest BCUT2D eigenvalue weighted by molar-refractivity contribution is 7.80. The van der Waals surface area contributed by atoms with Gasteiger partial charge in [0.05, 0.1) is 20.3 Å². The van der Waals surface area contributed by atoms with Crippen LogP contribution in [0.4, 0.5) is 5.69 Å². The summed E-state index contributed by atoms with van der Waals surface area (Å²) >= 11 is 19.3. The molecule has 2 heterocycles. The van der Waals surface area contributed by atoms with Crippen molar-refractivity contribution >= 4 is 73.7 Å². The minimum absolute atomic E-state index is 0.0974. The molecule has 0 aliphatic heterocycles. The summed E-state index contributed by atoms with van der Waals surface area (Å²) in [4.78, 5) is 17.4. The van der Waals surface area contributed by atoms with E-state index >= 15 is 0 Å². The lowest BCUT2D eigenvalue weighted by atomic mass is 10.1. The molecule has 35 heavy (non-hydrogen) atoms.